The molecule has 1 saturated carbocycles. The van der Waals surface area contributed by atoms with Gasteiger partial charge in [-0.3, -0.25) is 0 Å². The summed E-state index contributed by atoms with van der Waals surface area (Å²) >= 11 is 0. The number of hydrogen-bond donors (Lipinski definition) is 1. The van der Waals surface area contributed by atoms with Crippen LogP contribution in [0.1, 0.15) is 25.3 Å². The van der Waals surface area contributed by atoms with Gasteiger partial charge >= 0.3 is 0 Å². The zero-order chi connectivity index (χ0) is 13.5. The van der Waals surface area contributed by atoms with Gasteiger partial charge in [0.25, 0.3) is 0 Å². The van der Waals surface area contributed by atoms with E-state index < -0.39 is 0 Å². The van der Waals surface area contributed by atoms with Crippen molar-refractivity contribution < 1.29 is 14.2 Å². The highest BCUT2D eigenvalue weighted by Crippen LogP contribution is 2.30. The molecule has 0 bridgehead atoms. The van der Waals surface area contributed by atoms with Crippen molar-refractivity contribution in [2.75, 3.05) is 26.6 Å². The summed E-state index contributed by atoms with van der Waals surface area (Å²) in [6, 6.07) is 5.94. The van der Waals surface area contributed by atoms with Crippen molar-refractivity contribution in [2.45, 2.75) is 26.2 Å². The second kappa shape index (κ2) is 7.36. The van der Waals surface area contributed by atoms with Crippen LogP contribution in [0, 0.1) is 5.92 Å². The maximum absolute atomic E-state index is 5.62. The first-order valence-corrected chi connectivity index (χ1v) is 6.99. The van der Waals surface area contributed by atoms with Gasteiger partial charge in [0.2, 0.25) is 0 Å². The summed E-state index contributed by atoms with van der Waals surface area (Å²) in [4.78, 5) is 0. The summed E-state index contributed by atoms with van der Waals surface area (Å²) in [5.41, 5.74) is 6.73. The van der Waals surface area contributed by atoms with Gasteiger partial charge in [-0.25, -0.2) is 0 Å². The van der Waals surface area contributed by atoms with E-state index in [-0.39, 0.29) is 6.79 Å². The third-order valence-corrected chi connectivity index (χ3v) is 3.09. The van der Waals surface area contributed by atoms with E-state index in [1.54, 1.807) is 0 Å². The predicted octanol–water partition coefficient (Wildman–Crippen LogP) is 2.35. The fraction of sp³-hybridized carbons (Fsp3) is 0.600. The van der Waals surface area contributed by atoms with E-state index in [0.29, 0.717) is 13.2 Å². The van der Waals surface area contributed by atoms with Gasteiger partial charge in [-0.1, -0.05) is 6.07 Å². The molecule has 0 heterocycles. The van der Waals surface area contributed by atoms with Crippen molar-refractivity contribution in [3.05, 3.63) is 23.8 Å². The third-order valence-electron chi connectivity index (χ3n) is 3.09. The van der Waals surface area contributed by atoms with Crippen molar-refractivity contribution in [3.8, 4) is 11.5 Å². The summed E-state index contributed by atoms with van der Waals surface area (Å²) in [7, 11) is 0. The molecule has 2 rings (SSSR count). The molecule has 0 saturated heterocycles. The SMILES string of the molecule is CCOc1cc(CCN)ccc1OCOCC1CC1. The molecule has 1 fully saturated rings. The number of benzene rings is 1. The third kappa shape index (κ3) is 4.73. The monoisotopic (exact) mass is 265 g/mol. The number of rotatable bonds is 9. The van der Waals surface area contributed by atoms with Crippen LogP contribution in [0.15, 0.2) is 18.2 Å². The summed E-state index contributed by atoms with van der Waals surface area (Å²) in [5.74, 6) is 2.25. The van der Waals surface area contributed by atoms with Gasteiger partial charge in [0, 0.05) is 0 Å². The lowest BCUT2D eigenvalue weighted by atomic mass is 10.1. The molecule has 106 valence electrons. The highest BCUT2D eigenvalue weighted by Gasteiger charge is 2.21. The van der Waals surface area contributed by atoms with Crippen molar-refractivity contribution in [3.63, 3.8) is 0 Å². The molecule has 1 aromatic rings. The minimum Gasteiger partial charge on any atom is -0.490 e. The molecule has 0 atom stereocenters. The summed E-state index contributed by atoms with van der Waals surface area (Å²) in [6.07, 6.45) is 3.43. The average molecular weight is 265 g/mol. The van der Waals surface area contributed by atoms with Crippen LogP contribution >= 0.6 is 0 Å². The van der Waals surface area contributed by atoms with Gasteiger partial charge in [-0.05, 0) is 56.3 Å². The van der Waals surface area contributed by atoms with Crippen LogP contribution in [0.4, 0.5) is 0 Å². The molecule has 0 aliphatic heterocycles. The molecule has 2 N–H and O–H groups in total. The Kier molecular flexibility index (Phi) is 5.48. The molecular formula is C15H23NO3. The molecule has 0 spiro atoms. The zero-order valence-corrected chi connectivity index (χ0v) is 11.6. The molecule has 1 aliphatic carbocycles. The van der Waals surface area contributed by atoms with Gasteiger partial charge in [-0.15, -0.1) is 0 Å². The minimum atomic E-state index is 0.285. The molecule has 19 heavy (non-hydrogen) atoms. The summed E-state index contributed by atoms with van der Waals surface area (Å²) in [5, 5.41) is 0. The van der Waals surface area contributed by atoms with E-state index in [1.807, 2.05) is 25.1 Å². The molecule has 0 aromatic heterocycles. The van der Waals surface area contributed by atoms with Crippen LogP contribution < -0.4 is 15.2 Å². The zero-order valence-electron chi connectivity index (χ0n) is 11.6. The van der Waals surface area contributed by atoms with E-state index >= 15 is 0 Å². The Morgan fingerprint density at radius 3 is 2.74 bits per heavy atom. The van der Waals surface area contributed by atoms with Gasteiger partial charge < -0.3 is 19.9 Å². The minimum absolute atomic E-state index is 0.285. The highest BCUT2D eigenvalue weighted by molar-refractivity contribution is 5.43. The van der Waals surface area contributed by atoms with Crippen LogP contribution in [0.25, 0.3) is 0 Å². The Bertz CT molecular complexity index is 391. The molecule has 0 unspecified atom stereocenters. The van der Waals surface area contributed by atoms with E-state index in [0.717, 1.165) is 36.0 Å². The topological polar surface area (TPSA) is 53.7 Å². The fourth-order valence-corrected chi connectivity index (χ4v) is 1.87. The number of ether oxygens (including phenoxy) is 3. The first-order chi connectivity index (χ1) is 9.33. The van der Waals surface area contributed by atoms with E-state index in [1.165, 1.54) is 12.8 Å². The lowest BCUT2D eigenvalue weighted by molar-refractivity contribution is 0.00839. The average Bonchev–Trinajstić information content (AvgIpc) is 3.21. The maximum Gasteiger partial charge on any atom is 0.189 e. The molecule has 0 radical (unpaired) electrons. The smallest absolute Gasteiger partial charge is 0.189 e. The lowest BCUT2D eigenvalue weighted by Crippen LogP contribution is -2.07. The molecular weight excluding hydrogens is 242 g/mol. The first kappa shape index (κ1) is 14.2. The molecule has 4 nitrogen and oxygen atoms in total. The van der Waals surface area contributed by atoms with Crippen LogP contribution in [-0.4, -0.2) is 26.6 Å². The highest BCUT2D eigenvalue weighted by atomic mass is 16.7. The number of hydrogen-bond acceptors (Lipinski definition) is 4. The molecule has 0 amide bonds. The van der Waals surface area contributed by atoms with E-state index in [4.69, 9.17) is 19.9 Å². The van der Waals surface area contributed by atoms with Crippen LogP contribution in [0.5, 0.6) is 11.5 Å². The Morgan fingerprint density at radius 1 is 1.21 bits per heavy atom. The predicted molar refractivity (Wildman–Crippen MR) is 74.5 cm³/mol. The number of nitrogens with two attached hydrogens (primary N) is 1. The first-order valence-electron chi connectivity index (χ1n) is 6.99. The lowest BCUT2D eigenvalue weighted by Gasteiger charge is -2.13. The van der Waals surface area contributed by atoms with Gasteiger partial charge in [0.15, 0.2) is 18.3 Å². The molecule has 1 aromatic carbocycles. The van der Waals surface area contributed by atoms with Crippen molar-refractivity contribution >= 4 is 0 Å². The Labute approximate surface area is 114 Å². The Balaban J connectivity index is 1.88. The molecule has 1 aliphatic rings. The van der Waals surface area contributed by atoms with Gasteiger partial charge in [0.1, 0.15) is 0 Å². The quantitative estimate of drug-likeness (QED) is 0.550. The van der Waals surface area contributed by atoms with E-state index in [9.17, 15) is 0 Å². The maximum atomic E-state index is 5.62. The summed E-state index contributed by atoms with van der Waals surface area (Å²) < 4.78 is 16.7. The van der Waals surface area contributed by atoms with Crippen molar-refractivity contribution in [2.24, 2.45) is 11.7 Å². The Morgan fingerprint density at radius 2 is 2.05 bits per heavy atom. The normalized spacial score (nSPS) is 14.4. The van der Waals surface area contributed by atoms with Crippen LogP contribution in [0.3, 0.4) is 0 Å². The largest absolute Gasteiger partial charge is 0.490 e. The summed E-state index contributed by atoms with van der Waals surface area (Å²) in [6.45, 7) is 4.30. The standard InChI is InChI=1S/C15H23NO3/c1-2-18-15-9-12(7-8-16)5-6-14(15)19-11-17-10-13-3-4-13/h5-6,9,13H,2-4,7-8,10-11,16H2,1H3. The van der Waals surface area contributed by atoms with Gasteiger partial charge in [-0.2, -0.15) is 0 Å². The second-order valence-electron chi connectivity index (χ2n) is 4.83. The van der Waals surface area contributed by atoms with E-state index in [2.05, 4.69) is 0 Å². The van der Waals surface area contributed by atoms with Crippen LogP contribution in [-0.2, 0) is 11.2 Å². The van der Waals surface area contributed by atoms with Gasteiger partial charge in [0.05, 0.1) is 13.2 Å². The van der Waals surface area contributed by atoms with Crippen molar-refractivity contribution in [1.29, 1.82) is 0 Å². The second-order valence-corrected chi connectivity index (χ2v) is 4.83. The molecule has 4 heteroatoms. The van der Waals surface area contributed by atoms with Crippen molar-refractivity contribution in [1.82, 2.24) is 0 Å². The Hall–Kier alpha value is -1.26. The van der Waals surface area contributed by atoms with Crippen LogP contribution in [0.2, 0.25) is 0 Å². The fourth-order valence-electron chi connectivity index (χ4n) is 1.87.